The van der Waals surface area contributed by atoms with E-state index in [-0.39, 0.29) is 23.4 Å². The van der Waals surface area contributed by atoms with Gasteiger partial charge in [-0.2, -0.15) is 9.57 Å². The van der Waals surface area contributed by atoms with Crippen LogP contribution in [0, 0.1) is 24.2 Å². The van der Waals surface area contributed by atoms with E-state index < -0.39 is 15.8 Å². The number of nitrogens with zero attached hydrogens (tertiary/aromatic N) is 7. The van der Waals surface area contributed by atoms with Crippen LogP contribution in [0.15, 0.2) is 55.1 Å². The van der Waals surface area contributed by atoms with Crippen molar-refractivity contribution in [3.63, 3.8) is 0 Å². The van der Waals surface area contributed by atoms with Crippen molar-refractivity contribution in [2.24, 2.45) is 5.92 Å². The Morgan fingerprint density at radius 2 is 1.91 bits per heavy atom. The van der Waals surface area contributed by atoms with Gasteiger partial charge in [0.2, 0.25) is 21.8 Å². The average molecular weight is 654 g/mol. The second-order valence-electron chi connectivity index (χ2n) is 12.3. The SMILES string of the molecule is Cc1nnc(-c2c(CCC3CCOCC3)nc3c(c2-c2ccc4c(c2)oc(=O)n4Cc2ccc(C#N)cn2)S(=O)(=O)N2CCCC32)o1. The minimum absolute atomic E-state index is 0.134. The molecule has 3 aliphatic rings. The third-order valence-electron chi connectivity index (χ3n) is 9.44. The predicted octanol–water partition coefficient (Wildman–Crippen LogP) is 4.53. The summed E-state index contributed by atoms with van der Waals surface area (Å²) >= 11 is 0. The fraction of sp³-hybridized carbons (Fsp3) is 0.394. The number of oxazole rings is 1. The highest BCUT2D eigenvalue weighted by molar-refractivity contribution is 7.89. The number of rotatable bonds is 7. The van der Waals surface area contributed by atoms with Crippen LogP contribution in [0.2, 0.25) is 0 Å². The van der Waals surface area contributed by atoms with E-state index >= 15 is 0 Å². The van der Waals surface area contributed by atoms with E-state index in [2.05, 4.69) is 15.2 Å². The first-order valence-electron chi connectivity index (χ1n) is 15.8. The van der Waals surface area contributed by atoms with Crippen molar-refractivity contribution in [2.45, 2.75) is 62.9 Å². The molecule has 2 saturated heterocycles. The van der Waals surface area contributed by atoms with E-state index in [1.807, 2.05) is 6.07 Å². The number of aromatic nitrogens is 5. The number of pyridine rings is 2. The van der Waals surface area contributed by atoms with E-state index in [4.69, 9.17) is 23.8 Å². The molecule has 0 radical (unpaired) electrons. The number of fused-ring (bicyclic) bond motifs is 4. The zero-order valence-corrected chi connectivity index (χ0v) is 26.5. The molecule has 14 heteroatoms. The lowest BCUT2D eigenvalue weighted by molar-refractivity contribution is 0.0639. The topological polar surface area (TPSA) is 170 Å². The van der Waals surface area contributed by atoms with Crippen molar-refractivity contribution >= 4 is 21.1 Å². The van der Waals surface area contributed by atoms with Crippen LogP contribution >= 0.6 is 0 Å². The van der Waals surface area contributed by atoms with Gasteiger partial charge < -0.3 is 13.6 Å². The molecule has 0 saturated carbocycles. The number of nitriles is 1. The lowest BCUT2D eigenvalue weighted by Crippen LogP contribution is -2.23. The quantitative estimate of drug-likeness (QED) is 0.242. The van der Waals surface area contributed by atoms with Crippen molar-refractivity contribution in [3.05, 3.63) is 75.6 Å². The fourth-order valence-electron chi connectivity index (χ4n) is 7.12. The Morgan fingerprint density at radius 3 is 2.66 bits per heavy atom. The number of aryl methyl sites for hydroxylation is 2. The van der Waals surface area contributed by atoms with E-state index in [0.717, 1.165) is 38.9 Å². The molecule has 0 N–H and O–H groups in total. The van der Waals surface area contributed by atoms with Crippen LogP contribution in [-0.4, -0.2) is 57.2 Å². The summed E-state index contributed by atoms with van der Waals surface area (Å²) in [7, 11) is -3.90. The predicted molar refractivity (Wildman–Crippen MR) is 168 cm³/mol. The Balaban J connectivity index is 1.31. The van der Waals surface area contributed by atoms with Gasteiger partial charge in [0, 0.05) is 38.4 Å². The van der Waals surface area contributed by atoms with E-state index in [1.165, 1.54) is 10.8 Å². The van der Waals surface area contributed by atoms with Crippen molar-refractivity contribution in [1.82, 2.24) is 29.0 Å². The molecule has 2 fully saturated rings. The number of hydrogen-bond acceptors (Lipinski definition) is 11. The highest BCUT2D eigenvalue weighted by Gasteiger charge is 2.49. The fourth-order valence-corrected chi connectivity index (χ4v) is 9.19. The maximum Gasteiger partial charge on any atom is 0.420 e. The van der Waals surface area contributed by atoms with Crippen LogP contribution < -0.4 is 5.76 Å². The molecular weight excluding hydrogens is 622 g/mol. The Hall–Kier alpha value is -4.71. The first kappa shape index (κ1) is 29.7. The summed E-state index contributed by atoms with van der Waals surface area (Å²) in [5.41, 5.74) is 4.53. The van der Waals surface area contributed by atoms with Crippen molar-refractivity contribution in [3.8, 4) is 28.7 Å². The van der Waals surface area contributed by atoms with E-state index in [0.29, 0.717) is 81.6 Å². The monoisotopic (exact) mass is 653 g/mol. The van der Waals surface area contributed by atoms with Crippen LogP contribution in [0.5, 0.6) is 0 Å². The highest BCUT2D eigenvalue weighted by atomic mass is 32.2. The molecule has 47 heavy (non-hydrogen) atoms. The summed E-state index contributed by atoms with van der Waals surface area (Å²) in [6.45, 7) is 3.71. The molecule has 3 aliphatic heterocycles. The van der Waals surface area contributed by atoms with Gasteiger partial charge >= 0.3 is 5.76 Å². The average Bonchev–Trinajstić information content (AvgIpc) is 3.85. The van der Waals surface area contributed by atoms with Gasteiger partial charge in [-0.1, -0.05) is 6.07 Å². The minimum atomic E-state index is -3.90. The molecule has 7 heterocycles. The molecule has 0 amide bonds. The van der Waals surface area contributed by atoms with Gasteiger partial charge in [-0.05, 0) is 74.3 Å². The first-order chi connectivity index (χ1) is 22.8. The number of benzene rings is 1. The van der Waals surface area contributed by atoms with Gasteiger partial charge in [0.25, 0.3) is 0 Å². The lowest BCUT2D eigenvalue weighted by Gasteiger charge is -2.23. The first-order valence-corrected chi connectivity index (χ1v) is 17.2. The summed E-state index contributed by atoms with van der Waals surface area (Å²) in [5.74, 6) is 0.423. The molecule has 240 valence electrons. The molecule has 1 aromatic carbocycles. The summed E-state index contributed by atoms with van der Waals surface area (Å²) < 4.78 is 48.8. The van der Waals surface area contributed by atoms with Crippen LogP contribution in [0.1, 0.15) is 66.7 Å². The second kappa shape index (κ2) is 11.5. The molecule has 0 aliphatic carbocycles. The standard InChI is InChI=1S/C33H31N7O6S/c1-19-37-38-32(45-19)29-24(8-5-20-10-13-44-14-11-20)36-30-26-3-2-12-40(26)47(42,43)31(30)28(29)22-6-9-25-27(15-22)46-33(41)39(25)18-23-7-4-21(16-34)17-35-23/h4,6-7,9,15,17,20,26H,2-3,5,8,10-14,18H2,1H3. The van der Waals surface area contributed by atoms with E-state index in [1.54, 1.807) is 41.6 Å². The minimum Gasteiger partial charge on any atom is -0.421 e. The Morgan fingerprint density at radius 1 is 1.06 bits per heavy atom. The molecule has 0 spiro atoms. The molecule has 5 aromatic rings. The van der Waals surface area contributed by atoms with Crippen molar-refractivity contribution in [1.29, 1.82) is 5.26 Å². The summed E-state index contributed by atoms with van der Waals surface area (Å²) in [6.07, 6.45) is 6.29. The third-order valence-corrected chi connectivity index (χ3v) is 11.4. The van der Waals surface area contributed by atoms with Crippen LogP contribution in [0.25, 0.3) is 33.7 Å². The van der Waals surface area contributed by atoms with Crippen molar-refractivity contribution < 1.29 is 22.0 Å². The van der Waals surface area contributed by atoms with Gasteiger partial charge in [-0.3, -0.25) is 14.5 Å². The highest BCUT2D eigenvalue weighted by Crippen LogP contribution is 2.52. The Labute approximate surface area is 269 Å². The molecule has 1 atom stereocenters. The largest absolute Gasteiger partial charge is 0.421 e. The maximum absolute atomic E-state index is 14.2. The molecule has 8 rings (SSSR count). The van der Waals surface area contributed by atoms with Crippen molar-refractivity contribution in [2.75, 3.05) is 19.8 Å². The van der Waals surface area contributed by atoms with Gasteiger partial charge in [-0.25, -0.2) is 13.2 Å². The van der Waals surface area contributed by atoms with Gasteiger partial charge in [0.15, 0.2) is 5.58 Å². The molecule has 4 aromatic heterocycles. The molecule has 13 nitrogen and oxygen atoms in total. The van der Waals surface area contributed by atoms with Crippen LogP contribution in [0.4, 0.5) is 0 Å². The van der Waals surface area contributed by atoms with Crippen LogP contribution in [0.3, 0.4) is 0 Å². The van der Waals surface area contributed by atoms with Gasteiger partial charge in [0.1, 0.15) is 11.0 Å². The number of hydrogen-bond donors (Lipinski definition) is 0. The number of sulfonamides is 1. The molecule has 0 bridgehead atoms. The zero-order chi connectivity index (χ0) is 32.3. The molecule has 1 unspecified atom stereocenters. The summed E-state index contributed by atoms with van der Waals surface area (Å²) in [4.78, 5) is 22.6. The number of ether oxygens (including phenoxy) is 1. The van der Waals surface area contributed by atoms with Crippen LogP contribution in [-0.2, 0) is 27.7 Å². The van der Waals surface area contributed by atoms with E-state index in [9.17, 15) is 13.2 Å². The van der Waals surface area contributed by atoms with Gasteiger partial charge in [0.05, 0.1) is 46.3 Å². The summed E-state index contributed by atoms with van der Waals surface area (Å²) in [5, 5.41) is 17.5. The second-order valence-corrected chi connectivity index (χ2v) is 14.1. The zero-order valence-electron chi connectivity index (χ0n) is 25.7. The smallest absolute Gasteiger partial charge is 0.420 e. The normalized spacial score (nSPS) is 19.2. The lowest BCUT2D eigenvalue weighted by atomic mass is 9.90. The maximum atomic E-state index is 14.2. The molecular formula is C33H31N7O6S. The van der Waals surface area contributed by atoms with Gasteiger partial charge in [-0.15, -0.1) is 10.2 Å². The Kier molecular flexibility index (Phi) is 7.27. The third kappa shape index (κ3) is 5.06. The Bertz CT molecular complexity index is 2230. The summed E-state index contributed by atoms with van der Waals surface area (Å²) in [6, 6.07) is 10.3.